The first-order valence-electron chi connectivity index (χ1n) is 9.34. The maximum absolute atomic E-state index is 12.8. The van der Waals surface area contributed by atoms with E-state index in [2.05, 4.69) is 22.4 Å². The van der Waals surface area contributed by atoms with Gasteiger partial charge in [-0.05, 0) is 34.9 Å². The smallest absolute Gasteiger partial charge is 0.330 e. The van der Waals surface area contributed by atoms with E-state index in [-0.39, 0.29) is 12.5 Å². The molecule has 148 valence electrons. The Morgan fingerprint density at radius 1 is 1.14 bits per heavy atom. The van der Waals surface area contributed by atoms with Crippen LogP contribution in [0.4, 0.5) is 0 Å². The van der Waals surface area contributed by atoms with Gasteiger partial charge in [-0.25, -0.2) is 9.48 Å². The lowest BCUT2D eigenvalue weighted by Gasteiger charge is -2.27. The number of carbonyl (C=O) groups is 3. The van der Waals surface area contributed by atoms with Gasteiger partial charge in [-0.1, -0.05) is 39.3 Å². The van der Waals surface area contributed by atoms with Gasteiger partial charge < -0.3 is 4.74 Å². The van der Waals surface area contributed by atoms with Crippen LogP contribution in [0.1, 0.15) is 60.2 Å². The molecule has 0 saturated carbocycles. The standard InChI is InChI=1S/C19H23N5O4/c1-4-5-10-23-15(20-21-22-23)11-28-19(27)16(12(2)3)24-17(25)13-8-6-7-9-14(13)18(24)26/h6-9,12,16H,4-5,10-11H2,1-3H3. The molecule has 0 N–H and O–H groups in total. The van der Waals surface area contributed by atoms with Crippen molar-refractivity contribution in [1.29, 1.82) is 0 Å². The molecule has 2 amide bonds. The van der Waals surface area contributed by atoms with Crippen molar-refractivity contribution in [3.05, 3.63) is 41.2 Å². The normalized spacial score (nSPS) is 14.5. The van der Waals surface area contributed by atoms with Gasteiger partial charge in [0.1, 0.15) is 6.04 Å². The number of amides is 2. The highest BCUT2D eigenvalue weighted by molar-refractivity contribution is 6.22. The van der Waals surface area contributed by atoms with Gasteiger partial charge in [0.25, 0.3) is 11.8 Å². The Morgan fingerprint density at radius 3 is 2.36 bits per heavy atom. The van der Waals surface area contributed by atoms with E-state index in [4.69, 9.17) is 4.74 Å². The summed E-state index contributed by atoms with van der Waals surface area (Å²) in [6.45, 7) is 6.09. The van der Waals surface area contributed by atoms with Crippen LogP contribution < -0.4 is 0 Å². The molecule has 28 heavy (non-hydrogen) atoms. The second-order valence-corrected chi connectivity index (χ2v) is 6.99. The fourth-order valence-corrected chi connectivity index (χ4v) is 3.17. The van der Waals surface area contributed by atoms with E-state index in [1.807, 2.05) is 0 Å². The zero-order valence-electron chi connectivity index (χ0n) is 16.2. The summed E-state index contributed by atoms with van der Waals surface area (Å²) in [7, 11) is 0. The van der Waals surface area contributed by atoms with Crippen LogP contribution in [-0.2, 0) is 22.7 Å². The van der Waals surface area contributed by atoms with E-state index in [0.717, 1.165) is 17.7 Å². The maximum atomic E-state index is 12.8. The predicted molar refractivity (Wildman–Crippen MR) is 98.1 cm³/mol. The number of benzene rings is 1. The lowest BCUT2D eigenvalue weighted by molar-refractivity contribution is -0.151. The van der Waals surface area contributed by atoms with E-state index in [1.165, 1.54) is 0 Å². The second kappa shape index (κ2) is 8.28. The largest absolute Gasteiger partial charge is 0.456 e. The summed E-state index contributed by atoms with van der Waals surface area (Å²) in [5.74, 6) is -1.51. The van der Waals surface area contributed by atoms with E-state index >= 15 is 0 Å². The monoisotopic (exact) mass is 385 g/mol. The minimum absolute atomic E-state index is 0.123. The number of carbonyl (C=O) groups excluding carboxylic acids is 3. The van der Waals surface area contributed by atoms with Gasteiger partial charge in [0.05, 0.1) is 11.1 Å². The van der Waals surface area contributed by atoms with Crippen LogP contribution in [0.2, 0.25) is 0 Å². The van der Waals surface area contributed by atoms with Crippen molar-refractivity contribution in [2.75, 3.05) is 0 Å². The molecule has 1 aromatic heterocycles. The molecule has 2 aromatic rings. The van der Waals surface area contributed by atoms with Crippen LogP contribution >= 0.6 is 0 Å². The van der Waals surface area contributed by atoms with Gasteiger partial charge in [0.2, 0.25) is 0 Å². The Hall–Kier alpha value is -3.10. The first-order valence-corrected chi connectivity index (χ1v) is 9.34. The Labute approximate surface area is 162 Å². The second-order valence-electron chi connectivity index (χ2n) is 6.99. The molecule has 0 aliphatic carbocycles. The van der Waals surface area contributed by atoms with Crippen LogP contribution in [0.3, 0.4) is 0 Å². The zero-order valence-corrected chi connectivity index (χ0v) is 16.2. The fraction of sp³-hybridized carbons (Fsp3) is 0.474. The number of esters is 1. The molecule has 0 saturated heterocycles. The summed E-state index contributed by atoms with van der Waals surface area (Å²) in [6.07, 6.45) is 1.88. The van der Waals surface area contributed by atoms with Crippen molar-refractivity contribution in [3.63, 3.8) is 0 Å². The molecule has 1 aromatic carbocycles. The summed E-state index contributed by atoms with van der Waals surface area (Å²) in [6, 6.07) is 5.52. The molecular formula is C19H23N5O4. The van der Waals surface area contributed by atoms with Crippen LogP contribution in [0, 0.1) is 5.92 Å². The Balaban J connectivity index is 1.75. The Bertz CT molecular complexity index is 857. The summed E-state index contributed by atoms with van der Waals surface area (Å²) in [5.41, 5.74) is 0.601. The zero-order chi connectivity index (χ0) is 20.3. The van der Waals surface area contributed by atoms with Gasteiger partial charge >= 0.3 is 5.97 Å². The first-order chi connectivity index (χ1) is 13.5. The number of ether oxygens (including phenoxy) is 1. The SMILES string of the molecule is CCCCn1nnnc1COC(=O)C(C(C)C)N1C(=O)c2ccccc2C1=O. The fourth-order valence-electron chi connectivity index (χ4n) is 3.17. The van der Waals surface area contributed by atoms with Gasteiger partial charge in [0.15, 0.2) is 12.4 Å². The van der Waals surface area contributed by atoms with Gasteiger partial charge in [-0.15, -0.1) is 5.10 Å². The number of nitrogens with zero attached hydrogens (tertiary/aromatic N) is 5. The van der Waals surface area contributed by atoms with E-state index in [1.54, 1.807) is 42.8 Å². The highest BCUT2D eigenvalue weighted by Gasteiger charge is 2.44. The Morgan fingerprint density at radius 2 is 1.79 bits per heavy atom. The lowest BCUT2D eigenvalue weighted by Crippen LogP contribution is -2.48. The first kappa shape index (κ1) is 19.7. The lowest BCUT2D eigenvalue weighted by atomic mass is 10.0. The molecule has 1 aliphatic heterocycles. The molecule has 1 unspecified atom stereocenters. The number of fused-ring (bicyclic) bond motifs is 1. The third-order valence-electron chi connectivity index (χ3n) is 4.65. The number of aromatic nitrogens is 4. The van der Waals surface area contributed by atoms with Crippen molar-refractivity contribution in [2.24, 2.45) is 5.92 Å². The number of unbranched alkanes of at least 4 members (excludes halogenated alkanes) is 1. The van der Waals surface area contributed by atoms with E-state index < -0.39 is 23.8 Å². The van der Waals surface area contributed by atoms with Crippen LogP contribution in [-0.4, -0.2) is 48.9 Å². The highest BCUT2D eigenvalue weighted by atomic mass is 16.5. The number of aryl methyl sites for hydroxylation is 1. The van der Waals surface area contributed by atoms with Gasteiger partial charge in [-0.2, -0.15) is 0 Å². The van der Waals surface area contributed by atoms with E-state index in [9.17, 15) is 14.4 Å². The van der Waals surface area contributed by atoms with Crippen LogP contribution in [0.5, 0.6) is 0 Å². The molecule has 9 nitrogen and oxygen atoms in total. The molecule has 0 bridgehead atoms. The topological polar surface area (TPSA) is 107 Å². The summed E-state index contributed by atoms with van der Waals surface area (Å²) in [4.78, 5) is 39.2. The number of rotatable bonds is 8. The van der Waals surface area contributed by atoms with Gasteiger partial charge in [-0.3, -0.25) is 14.5 Å². The third kappa shape index (κ3) is 3.64. The molecule has 0 spiro atoms. The van der Waals surface area contributed by atoms with Gasteiger partial charge in [0, 0.05) is 6.54 Å². The molecule has 0 fully saturated rings. The predicted octanol–water partition coefficient (Wildman–Crippen LogP) is 1.84. The van der Waals surface area contributed by atoms with E-state index in [0.29, 0.717) is 23.5 Å². The molecule has 9 heteroatoms. The number of hydrogen-bond donors (Lipinski definition) is 0. The summed E-state index contributed by atoms with van der Waals surface area (Å²) < 4.78 is 6.98. The van der Waals surface area contributed by atoms with Crippen molar-refractivity contribution in [2.45, 2.75) is 52.8 Å². The molecule has 1 atom stereocenters. The average molecular weight is 385 g/mol. The van der Waals surface area contributed by atoms with Crippen LogP contribution in [0.25, 0.3) is 0 Å². The molecule has 3 rings (SSSR count). The third-order valence-corrected chi connectivity index (χ3v) is 4.65. The number of imide groups is 1. The number of tetrazole rings is 1. The molecule has 1 aliphatic rings. The van der Waals surface area contributed by atoms with Crippen molar-refractivity contribution >= 4 is 17.8 Å². The molecule has 0 radical (unpaired) electrons. The maximum Gasteiger partial charge on any atom is 0.330 e. The average Bonchev–Trinajstić information content (AvgIpc) is 3.23. The summed E-state index contributed by atoms with van der Waals surface area (Å²) in [5, 5.41) is 11.4. The Kier molecular flexibility index (Phi) is 5.81. The van der Waals surface area contributed by atoms with Crippen molar-refractivity contribution in [3.8, 4) is 0 Å². The quantitative estimate of drug-likeness (QED) is 0.504. The summed E-state index contributed by atoms with van der Waals surface area (Å²) >= 11 is 0. The molecular weight excluding hydrogens is 362 g/mol. The van der Waals surface area contributed by atoms with Crippen molar-refractivity contribution in [1.82, 2.24) is 25.1 Å². The minimum atomic E-state index is -1.02. The van der Waals surface area contributed by atoms with Crippen LogP contribution in [0.15, 0.2) is 24.3 Å². The van der Waals surface area contributed by atoms with Crippen molar-refractivity contribution < 1.29 is 19.1 Å². The molecule has 2 heterocycles. The highest BCUT2D eigenvalue weighted by Crippen LogP contribution is 2.27. The minimum Gasteiger partial charge on any atom is -0.456 e. The number of hydrogen-bond acceptors (Lipinski definition) is 7.